The molecule has 5 nitrogen and oxygen atoms in total. The lowest BCUT2D eigenvalue weighted by Crippen LogP contribution is -2.02. The number of rotatable bonds is 2. The molecular weight excluding hydrogens is 332 g/mol. The maximum absolute atomic E-state index is 10.4. The van der Waals surface area contributed by atoms with E-state index >= 15 is 0 Å². The molecule has 0 aromatic heterocycles. The fourth-order valence-electron chi connectivity index (χ4n) is 3.52. The summed E-state index contributed by atoms with van der Waals surface area (Å²) in [6.45, 7) is 0. The lowest BCUT2D eigenvalue weighted by atomic mass is 9.84. The van der Waals surface area contributed by atoms with E-state index in [-0.39, 0.29) is 28.7 Å². The summed E-state index contributed by atoms with van der Waals surface area (Å²) in [5.74, 6) is -0.613. The molecule has 1 aliphatic carbocycles. The largest absolute Gasteiger partial charge is 0.508 e. The highest BCUT2D eigenvalue weighted by atomic mass is 16.3. The maximum atomic E-state index is 10.4. The maximum Gasteiger partial charge on any atom is 0.124 e. The van der Waals surface area contributed by atoms with Gasteiger partial charge in [0.1, 0.15) is 28.7 Å². The van der Waals surface area contributed by atoms with Gasteiger partial charge in [-0.2, -0.15) is 0 Å². The molecule has 0 heterocycles. The summed E-state index contributed by atoms with van der Waals surface area (Å²) < 4.78 is 0. The van der Waals surface area contributed by atoms with Gasteiger partial charge in [0.25, 0.3) is 0 Å². The summed E-state index contributed by atoms with van der Waals surface area (Å²) >= 11 is 0. The fourth-order valence-corrected chi connectivity index (χ4v) is 3.52. The van der Waals surface area contributed by atoms with Crippen LogP contribution in [0.25, 0.3) is 11.6 Å². The zero-order chi connectivity index (χ0) is 18.4. The topological polar surface area (TPSA) is 101 Å². The van der Waals surface area contributed by atoms with E-state index in [4.69, 9.17) is 0 Å². The van der Waals surface area contributed by atoms with Crippen LogP contribution in [-0.2, 0) is 0 Å². The number of allylic oxidation sites excluding steroid dienone is 1. The molecule has 0 saturated heterocycles. The van der Waals surface area contributed by atoms with Crippen molar-refractivity contribution in [3.63, 3.8) is 0 Å². The predicted octanol–water partition coefficient (Wildman–Crippen LogP) is 3.90. The number of fused-ring (bicyclic) bond motifs is 1. The van der Waals surface area contributed by atoms with Crippen molar-refractivity contribution >= 4 is 11.6 Å². The summed E-state index contributed by atoms with van der Waals surface area (Å²) in [6.07, 6.45) is 1.84. The number of aromatic hydroxyl groups is 5. The average molecular weight is 348 g/mol. The van der Waals surface area contributed by atoms with Crippen LogP contribution in [0.2, 0.25) is 0 Å². The van der Waals surface area contributed by atoms with Crippen LogP contribution < -0.4 is 0 Å². The Kier molecular flexibility index (Phi) is 3.51. The predicted molar refractivity (Wildman–Crippen MR) is 97.4 cm³/mol. The first-order valence-corrected chi connectivity index (χ1v) is 8.02. The first kappa shape index (κ1) is 15.9. The first-order chi connectivity index (χ1) is 12.4. The normalized spacial score (nSPS) is 15.5. The van der Waals surface area contributed by atoms with Crippen LogP contribution >= 0.6 is 0 Å². The van der Waals surface area contributed by atoms with Crippen molar-refractivity contribution in [2.24, 2.45) is 0 Å². The third-order valence-corrected chi connectivity index (χ3v) is 4.54. The minimum atomic E-state index is -0.451. The van der Waals surface area contributed by atoms with E-state index in [2.05, 4.69) is 0 Å². The lowest BCUT2D eigenvalue weighted by molar-refractivity contribution is 0.443. The third-order valence-electron chi connectivity index (χ3n) is 4.54. The van der Waals surface area contributed by atoms with Gasteiger partial charge in [-0.1, -0.05) is 12.1 Å². The van der Waals surface area contributed by atoms with Crippen LogP contribution in [0, 0.1) is 0 Å². The van der Waals surface area contributed by atoms with Crippen molar-refractivity contribution in [3.8, 4) is 28.7 Å². The summed E-state index contributed by atoms with van der Waals surface area (Å²) in [6, 6.07) is 13.7. The highest BCUT2D eigenvalue weighted by Gasteiger charge is 2.31. The van der Waals surface area contributed by atoms with E-state index in [0.29, 0.717) is 16.7 Å². The number of phenols is 5. The Balaban J connectivity index is 1.95. The van der Waals surface area contributed by atoms with Crippen molar-refractivity contribution in [3.05, 3.63) is 76.9 Å². The van der Waals surface area contributed by atoms with Gasteiger partial charge in [0.2, 0.25) is 0 Å². The zero-order valence-electron chi connectivity index (χ0n) is 13.6. The van der Waals surface area contributed by atoms with E-state index < -0.39 is 5.92 Å². The monoisotopic (exact) mass is 348 g/mol. The number of hydrogen-bond acceptors (Lipinski definition) is 5. The highest BCUT2D eigenvalue weighted by molar-refractivity contribution is 5.95. The molecule has 3 aromatic carbocycles. The molecule has 1 aliphatic rings. The first-order valence-electron chi connectivity index (χ1n) is 8.02. The molecule has 0 amide bonds. The Morgan fingerprint density at radius 1 is 0.615 bits per heavy atom. The zero-order valence-corrected chi connectivity index (χ0v) is 13.6. The second-order valence-electron chi connectivity index (χ2n) is 6.33. The van der Waals surface area contributed by atoms with Crippen LogP contribution in [0.15, 0.2) is 54.6 Å². The van der Waals surface area contributed by atoms with Crippen LogP contribution in [-0.4, -0.2) is 25.5 Å². The molecule has 130 valence electrons. The quantitative estimate of drug-likeness (QED) is 0.483. The molecule has 0 fully saturated rings. The van der Waals surface area contributed by atoms with Gasteiger partial charge < -0.3 is 25.5 Å². The van der Waals surface area contributed by atoms with Gasteiger partial charge in [-0.25, -0.2) is 0 Å². The lowest BCUT2D eigenvalue weighted by Gasteiger charge is -2.19. The van der Waals surface area contributed by atoms with Gasteiger partial charge in [0, 0.05) is 23.6 Å². The van der Waals surface area contributed by atoms with Crippen LogP contribution in [0.5, 0.6) is 28.7 Å². The minimum Gasteiger partial charge on any atom is -0.508 e. The molecule has 3 aromatic rings. The summed E-state index contributed by atoms with van der Waals surface area (Å²) in [7, 11) is 0. The second kappa shape index (κ2) is 5.74. The molecule has 5 N–H and O–H groups in total. The average Bonchev–Trinajstić information content (AvgIpc) is 2.94. The second-order valence-corrected chi connectivity index (χ2v) is 6.33. The van der Waals surface area contributed by atoms with Gasteiger partial charge in [0.05, 0.1) is 0 Å². The molecule has 26 heavy (non-hydrogen) atoms. The SMILES string of the molecule is Oc1ccc(C2=Cc3cc(O)cc(O)c3C2c2cc(O)cc(O)c2)cc1. The van der Waals surface area contributed by atoms with E-state index in [9.17, 15) is 25.5 Å². The molecule has 1 unspecified atom stereocenters. The van der Waals surface area contributed by atoms with Gasteiger partial charge in [-0.3, -0.25) is 0 Å². The Labute approximate surface area is 149 Å². The highest BCUT2D eigenvalue weighted by Crippen LogP contribution is 2.51. The summed E-state index contributed by atoms with van der Waals surface area (Å²) in [4.78, 5) is 0. The Morgan fingerprint density at radius 2 is 1.23 bits per heavy atom. The smallest absolute Gasteiger partial charge is 0.124 e. The molecule has 0 radical (unpaired) electrons. The molecule has 1 atom stereocenters. The Morgan fingerprint density at radius 3 is 1.88 bits per heavy atom. The van der Waals surface area contributed by atoms with E-state index in [1.165, 1.54) is 24.3 Å². The van der Waals surface area contributed by atoms with Gasteiger partial charge in [-0.15, -0.1) is 0 Å². The third kappa shape index (κ3) is 2.59. The summed E-state index contributed by atoms with van der Waals surface area (Å²) in [5.41, 5.74) is 3.45. The van der Waals surface area contributed by atoms with Crippen molar-refractivity contribution < 1.29 is 25.5 Å². The van der Waals surface area contributed by atoms with Crippen LogP contribution in [0.1, 0.15) is 28.2 Å². The van der Waals surface area contributed by atoms with E-state index in [0.717, 1.165) is 11.1 Å². The van der Waals surface area contributed by atoms with Gasteiger partial charge >= 0.3 is 0 Å². The Bertz CT molecular complexity index is 1010. The van der Waals surface area contributed by atoms with E-state index in [1.807, 2.05) is 6.08 Å². The van der Waals surface area contributed by atoms with Gasteiger partial charge in [-0.05, 0) is 58.7 Å². The molecule has 0 bridgehead atoms. The minimum absolute atomic E-state index is 0.0537. The standard InChI is InChI=1S/C21H16O5/c22-14-3-1-11(2-4-14)18-8-13-7-17(25)10-19(26)21(13)20(18)12-5-15(23)9-16(24)6-12/h1-10,20,22-26H. The summed E-state index contributed by atoms with van der Waals surface area (Å²) in [5, 5.41) is 49.6. The van der Waals surface area contributed by atoms with Crippen molar-refractivity contribution in [2.45, 2.75) is 5.92 Å². The molecule has 0 spiro atoms. The van der Waals surface area contributed by atoms with Crippen molar-refractivity contribution in [1.29, 1.82) is 0 Å². The number of hydrogen-bond donors (Lipinski definition) is 5. The van der Waals surface area contributed by atoms with Crippen molar-refractivity contribution in [2.75, 3.05) is 0 Å². The van der Waals surface area contributed by atoms with Crippen molar-refractivity contribution in [1.82, 2.24) is 0 Å². The molecule has 4 rings (SSSR count). The molecule has 0 aliphatic heterocycles. The molecule has 0 saturated carbocycles. The van der Waals surface area contributed by atoms with Crippen LogP contribution in [0.4, 0.5) is 0 Å². The van der Waals surface area contributed by atoms with Crippen LogP contribution in [0.3, 0.4) is 0 Å². The fraction of sp³-hybridized carbons (Fsp3) is 0.0476. The molecule has 5 heteroatoms. The number of phenolic OH excluding ortho intramolecular Hbond substituents is 5. The number of benzene rings is 3. The van der Waals surface area contributed by atoms with Gasteiger partial charge in [0.15, 0.2) is 0 Å². The Hall–Kier alpha value is -3.60. The van der Waals surface area contributed by atoms with E-state index in [1.54, 1.807) is 30.3 Å². The molecular formula is C21H16O5.